The van der Waals surface area contributed by atoms with Crippen LogP contribution < -0.4 is 4.74 Å². The molecule has 1 heterocycles. The van der Waals surface area contributed by atoms with Gasteiger partial charge in [-0.05, 0) is 19.9 Å². The predicted octanol–water partition coefficient (Wildman–Crippen LogP) is 3.02. The third-order valence-corrected chi connectivity index (χ3v) is 2.15. The van der Waals surface area contributed by atoms with Crippen LogP contribution in [0.3, 0.4) is 0 Å². The highest BCUT2D eigenvalue weighted by Gasteiger charge is 2.27. The molecule has 0 saturated heterocycles. The largest absolute Gasteiger partial charge is 0.489 e. The van der Waals surface area contributed by atoms with E-state index in [1.807, 2.05) is 13.8 Å². The van der Waals surface area contributed by atoms with E-state index in [9.17, 15) is 18.0 Å². The molecule has 112 valence electrons. The number of nitrogens with zero attached hydrogens (tertiary/aromatic N) is 1. The van der Waals surface area contributed by atoms with Crippen LogP contribution in [0.1, 0.15) is 30.6 Å². The Hall–Kier alpha value is -1.63. The molecular formula is C13H16F3NO3. The number of aromatic nitrogens is 1. The maximum Gasteiger partial charge on any atom is 0.411 e. The fourth-order valence-corrected chi connectivity index (χ4v) is 1.41. The molecule has 0 aliphatic heterocycles. The van der Waals surface area contributed by atoms with Crippen molar-refractivity contribution in [2.75, 3.05) is 13.2 Å². The first kappa shape index (κ1) is 16.4. The monoisotopic (exact) mass is 291 g/mol. The first-order valence-electron chi connectivity index (χ1n) is 6.07. The van der Waals surface area contributed by atoms with E-state index < -0.39 is 12.8 Å². The molecule has 20 heavy (non-hydrogen) atoms. The van der Waals surface area contributed by atoms with Crippen LogP contribution >= 0.6 is 0 Å². The molecule has 0 radical (unpaired) electrons. The van der Waals surface area contributed by atoms with Crippen LogP contribution in [0.5, 0.6) is 5.75 Å². The molecule has 0 amide bonds. The summed E-state index contributed by atoms with van der Waals surface area (Å²) in [7, 11) is 0. The van der Waals surface area contributed by atoms with Gasteiger partial charge >= 0.3 is 6.18 Å². The predicted molar refractivity (Wildman–Crippen MR) is 65.8 cm³/mol. The Balaban J connectivity index is 2.47. The van der Waals surface area contributed by atoms with Gasteiger partial charge in [0.1, 0.15) is 12.4 Å². The van der Waals surface area contributed by atoms with Gasteiger partial charge in [0.2, 0.25) is 0 Å². The zero-order valence-corrected chi connectivity index (χ0v) is 11.2. The summed E-state index contributed by atoms with van der Waals surface area (Å²) in [5.41, 5.74) is 0.291. The summed E-state index contributed by atoms with van der Waals surface area (Å²) < 4.78 is 45.3. The van der Waals surface area contributed by atoms with Crippen LogP contribution in [-0.2, 0) is 4.74 Å². The summed E-state index contributed by atoms with van der Waals surface area (Å²) in [4.78, 5) is 15.6. The molecule has 0 atom stereocenters. The molecule has 0 aromatic carbocycles. The van der Waals surface area contributed by atoms with Gasteiger partial charge in [-0.3, -0.25) is 9.78 Å². The molecule has 0 fully saturated rings. The maximum absolute atomic E-state index is 11.8. The number of halogens is 3. The van der Waals surface area contributed by atoms with Gasteiger partial charge in [-0.15, -0.1) is 0 Å². The van der Waals surface area contributed by atoms with Crippen LogP contribution in [-0.4, -0.2) is 36.3 Å². The Kier molecular flexibility index (Phi) is 5.94. The van der Waals surface area contributed by atoms with Crippen molar-refractivity contribution in [3.8, 4) is 5.75 Å². The summed E-state index contributed by atoms with van der Waals surface area (Å²) in [5.74, 6) is 0.107. The molecule has 0 saturated carbocycles. The number of carbonyl (C=O) groups is 1. The molecule has 1 aromatic rings. The number of hydrogen-bond donors (Lipinski definition) is 0. The van der Waals surface area contributed by atoms with Crippen LogP contribution in [0.2, 0.25) is 0 Å². The normalized spacial score (nSPS) is 11.7. The summed E-state index contributed by atoms with van der Waals surface area (Å²) in [5, 5.41) is 0. The topological polar surface area (TPSA) is 48.4 Å². The van der Waals surface area contributed by atoms with Crippen LogP contribution in [0.15, 0.2) is 18.5 Å². The van der Waals surface area contributed by atoms with Crippen molar-refractivity contribution in [3.05, 3.63) is 24.0 Å². The Bertz CT molecular complexity index is 447. The maximum atomic E-state index is 11.8. The van der Waals surface area contributed by atoms with E-state index in [4.69, 9.17) is 4.74 Å². The summed E-state index contributed by atoms with van der Waals surface area (Å²) in [6.07, 6.45) is -1.76. The van der Waals surface area contributed by atoms with E-state index in [-0.39, 0.29) is 24.9 Å². The number of alkyl halides is 3. The zero-order chi connectivity index (χ0) is 15.2. The molecule has 0 unspecified atom stereocenters. The van der Waals surface area contributed by atoms with Gasteiger partial charge in [0.25, 0.3) is 0 Å². The van der Waals surface area contributed by atoms with Gasteiger partial charge < -0.3 is 9.47 Å². The van der Waals surface area contributed by atoms with Crippen LogP contribution in [0, 0.1) is 0 Å². The highest BCUT2D eigenvalue weighted by molar-refractivity contribution is 5.96. The van der Waals surface area contributed by atoms with Gasteiger partial charge in [-0.1, -0.05) is 0 Å². The molecule has 0 aliphatic rings. The third kappa shape index (κ3) is 6.51. The van der Waals surface area contributed by atoms with E-state index in [1.54, 1.807) is 0 Å². The number of ketones is 1. The highest BCUT2D eigenvalue weighted by atomic mass is 19.4. The second kappa shape index (κ2) is 7.23. The van der Waals surface area contributed by atoms with E-state index >= 15 is 0 Å². The molecule has 0 N–H and O–H groups in total. The summed E-state index contributed by atoms with van der Waals surface area (Å²) in [6, 6.07) is 1.51. The third-order valence-electron chi connectivity index (χ3n) is 2.15. The summed E-state index contributed by atoms with van der Waals surface area (Å²) >= 11 is 0. The van der Waals surface area contributed by atoms with Gasteiger partial charge in [0.15, 0.2) is 5.78 Å². The van der Waals surface area contributed by atoms with Gasteiger partial charge in [-0.2, -0.15) is 13.2 Å². The Morgan fingerprint density at radius 2 is 2.05 bits per heavy atom. The van der Waals surface area contributed by atoms with Gasteiger partial charge in [0, 0.05) is 18.2 Å². The molecular weight excluding hydrogens is 275 g/mol. The Labute approximate surface area is 114 Å². The van der Waals surface area contributed by atoms with Crippen LogP contribution in [0.4, 0.5) is 13.2 Å². The minimum absolute atomic E-state index is 0.0581. The minimum atomic E-state index is -4.38. The first-order chi connectivity index (χ1) is 9.28. The number of pyridine rings is 1. The molecule has 0 bridgehead atoms. The lowest BCUT2D eigenvalue weighted by atomic mass is 10.1. The summed E-state index contributed by atoms with van der Waals surface area (Å²) in [6.45, 7) is 2.03. The van der Waals surface area contributed by atoms with Gasteiger partial charge in [0.05, 0.1) is 18.9 Å². The van der Waals surface area contributed by atoms with Crippen molar-refractivity contribution >= 4 is 5.78 Å². The first-order valence-corrected chi connectivity index (χ1v) is 6.07. The van der Waals surface area contributed by atoms with Crippen molar-refractivity contribution in [1.29, 1.82) is 0 Å². The van der Waals surface area contributed by atoms with E-state index in [1.165, 1.54) is 18.5 Å². The Morgan fingerprint density at radius 3 is 2.65 bits per heavy atom. The quantitative estimate of drug-likeness (QED) is 0.572. The number of ether oxygens (including phenoxy) is 2. The van der Waals surface area contributed by atoms with E-state index in [0.717, 1.165) is 0 Å². The minimum Gasteiger partial charge on any atom is -0.489 e. The van der Waals surface area contributed by atoms with Gasteiger partial charge in [-0.25, -0.2) is 0 Å². The second-order valence-corrected chi connectivity index (χ2v) is 4.42. The van der Waals surface area contributed by atoms with Crippen LogP contribution in [0.25, 0.3) is 0 Å². The number of Topliss-reactive ketones (excluding diaryl/α,β-unsaturated/α-hetero) is 1. The number of rotatable bonds is 7. The lowest BCUT2D eigenvalue weighted by Gasteiger charge is -2.10. The average Bonchev–Trinajstić information content (AvgIpc) is 2.32. The van der Waals surface area contributed by atoms with Crippen molar-refractivity contribution in [2.24, 2.45) is 0 Å². The fraction of sp³-hybridized carbons (Fsp3) is 0.538. The fourth-order valence-electron chi connectivity index (χ4n) is 1.41. The SMILES string of the molecule is CC(C)Oc1cncc(C(=O)CCOCC(F)(F)F)c1. The smallest absolute Gasteiger partial charge is 0.411 e. The molecule has 0 spiro atoms. The Morgan fingerprint density at radius 1 is 1.35 bits per heavy atom. The van der Waals surface area contributed by atoms with Crippen molar-refractivity contribution in [3.63, 3.8) is 0 Å². The molecule has 0 aliphatic carbocycles. The molecule has 1 rings (SSSR count). The van der Waals surface area contributed by atoms with E-state index in [0.29, 0.717) is 11.3 Å². The lowest BCUT2D eigenvalue weighted by molar-refractivity contribution is -0.173. The second-order valence-electron chi connectivity index (χ2n) is 4.42. The average molecular weight is 291 g/mol. The van der Waals surface area contributed by atoms with Crippen molar-refractivity contribution in [1.82, 2.24) is 4.98 Å². The number of hydrogen-bond acceptors (Lipinski definition) is 4. The van der Waals surface area contributed by atoms with Crippen molar-refractivity contribution < 1.29 is 27.4 Å². The highest BCUT2D eigenvalue weighted by Crippen LogP contribution is 2.16. The zero-order valence-electron chi connectivity index (χ0n) is 11.2. The standard InChI is InChI=1S/C13H16F3NO3/c1-9(2)20-11-5-10(6-17-7-11)12(18)3-4-19-8-13(14,15)16/h5-7,9H,3-4,8H2,1-2H3. The number of carbonyl (C=O) groups excluding carboxylic acids is 1. The van der Waals surface area contributed by atoms with E-state index in [2.05, 4.69) is 9.72 Å². The lowest BCUT2D eigenvalue weighted by Crippen LogP contribution is -2.18. The molecule has 7 heteroatoms. The van der Waals surface area contributed by atoms with Crippen molar-refractivity contribution in [2.45, 2.75) is 32.5 Å². The molecule has 4 nitrogen and oxygen atoms in total. The molecule has 1 aromatic heterocycles.